The number of aryl methyl sites for hydroxylation is 2. The van der Waals surface area contributed by atoms with Crippen LogP contribution in [0.4, 0.5) is 0 Å². The molecule has 0 radical (unpaired) electrons. The Kier molecular flexibility index (Phi) is 6.88. The highest BCUT2D eigenvalue weighted by Crippen LogP contribution is 2.38. The number of rotatable bonds is 8. The van der Waals surface area contributed by atoms with Gasteiger partial charge in [0.05, 0.1) is 0 Å². The minimum Gasteiger partial charge on any atom is -0.458 e. The fourth-order valence-corrected chi connectivity index (χ4v) is 6.53. The number of hydrogen-bond acceptors (Lipinski definition) is 2. The molecule has 5 aromatic rings. The van der Waals surface area contributed by atoms with Crippen molar-refractivity contribution >= 4 is 23.1 Å². The third-order valence-corrected chi connectivity index (χ3v) is 8.66. The van der Waals surface area contributed by atoms with Crippen molar-refractivity contribution in [3.05, 3.63) is 114 Å². The smallest absolute Gasteiger partial charge is 0.260 e. The van der Waals surface area contributed by atoms with Gasteiger partial charge in [-0.1, -0.05) is 106 Å². The molecule has 3 heteroatoms. The largest absolute Gasteiger partial charge is 0.458 e. The third kappa shape index (κ3) is 4.64. The molecule has 2 nitrogen and oxygen atoms in total. The van der Waals surface area contributed by atoms with Crippen LogP contribution in [0.2, 0.25) is 0 Å². The van der Waals surface area contributed by atoms with E-state index < -0.39 is 0 Å². The maximum absolute atomic E-state index is 6.59. The van der Waals surface area contributed by atoms with Gasteiger partial charge in [-0.3, -0.25) is 0 Å². The van der Waals surface area contributed by atoms with E-state index in [4.69, 9.17) is 9.47 Å². The van der Waals surface area contributed by atoms with Crippen molar-refractivity contribution in [2.45, 2.75) is 52.4 Å². The molecule has 0 fully saturated rings. The maximum Gasteiger partial charge on any atom is 0.260 e. The van der Waals surface area contributed by atoms with Crippen LogP contribution in [0, 0.1) is 0 Å². The lowest BCUT2D eigenvalue weighted by Gasteiger charge is -2.33. The topological polar surface area (TPSA) is 18.5 Å². The van der Waals surface area contributed by atoms with Crippen molar-refractivity contribution in [1.29, 1.82) is 0 Å². The zero-order valence-electron chi connectivity index (χ0n) is 24.0. The number of fused-ring (bicyclic) bond motifs is 4. The lowest BCUT2D eigenvalue weighted by Crippen LogP contribution is -2.57. The number of benzene rings is 5. The van der Waals surface area contributed by atoms with Crippen LogP contribution in [-0.4, -0.2) is 6.71 Å². The maximum atomic E-state index is 6.59. The van der Waals surface area contributed by atoms with Crippen LogP contribution in [-0.2, 0) is 12.8 Å². The Labute approximate surface area is 244 Å². The Morgan fingerprint density at radius 1 is 0.512 bits per heavy atom. The fraction of sp³-hybridized carbons (Fsp3) is 0.211. The van der Waals surface area contributed by atoms with Crippen LogP contribution in [0.5, 0.6) is 23.0 Å². The Hall–Kier alpha value is -4.24. The Bertz CT molecular complexity index is 1610. The molecular weight excluding hydrogens is 499 g/mol. The molecule has 0 aromatic heterocycles. The van der Waals surface area contributed by atoms with Crippen LogP contribution in [0.25, 0.3) is 22.3 Å². The first-order chi connectivity index (χ1) is 20.2. The molecule has 2 heterocycles. The van der Waals surface area contributed by atoms with Gasteiger partial charge in [0, 0.05) is 5.46 Å². The summed E-state index contributed by atoms with van der Waals surface area (Å²) in [6, 6.07) is 37.3. The molecular formula is C38H35BO2. The van der Waals surface area contributed by atoms with E-state index in [1.165, 1.54) is 70.0 Å². The Morgan fingerprint density at radius 3 is 1.49 bits per heavy atom. The van der Waals surface area contributed by atoms with Crippen molar-refractivity contribution in [1.82, 2.24) is 0 Å². The first-order valence-electron chi connectivity index (χ1n) is 15.2. The summed E-state index contributed by atoms with van der Waals surface area (Å²) < 4.78 is 13.2. The summed E-state index contributed by atoms with van der Waals surface area (Å²) in [5.41, 5.74) is 11.3. The molecule has 41 heavy (non-hydrogen) atoms. The van der Waals surface area contributed by atoms with Gasteiger partial charge >= 0.3 is 0 Å². The summed E-state index contributed by atoms with van der Waals surface area (Å²) in [6.07, 6.45) is 6.95. The molecule has 0 spiro atoms. The van der Waals surface area contributed by atoms with Crippen LogP contribution >= 0.6 is 0 Å². The van der Waals surface area contributed by atoms with E-state index in [2.05, 4.69) is 111 Å². The molecule has 202 valence electrons. The second-order valence-electron chi connectivity index (χ2n) is 11.3. The van der Waals surface area contributed by atoms with E-state index >= 15 is 0 Å². The summed E-state index contributed by atoms with van der Waals surface area (Å²) >= 11 is 0. The molecule has 0 saturated heterocycles. The van der Waals surface area contributed by atoms with Gasteiger partial charge in [-0.15, -0.1) is 0 Å². The van der Waals surface area contributed by atoms with E-state index in [0.717, 1.165) is 41.3 Å². The lowest BCUT2D eigenvalue weighted by atomic mass is 9.35. The summed E-state index contributed by atoms with van der Waals surface area (Å²) in [7, 11) is 0. The van der Waals surface area contributed by atoms with E-state index in [-0.39, 0.29) is 6.71 Å². The monoisotopic (exact) mass is 534 g/mol. The number of ether oxygens (including phenoxy) is 2. The standard InChI is InChI=1S/C38H35BO2/c1-3-5-12-26-14-7-9-16-30(26)28-20-22-32-36(24-28)40-34-18-11-19-35-38(34)39(32)33-23-21-29(25-37(33)41-35)31-17-10-8-15-27(31)13-6-4-2/h7-11,14-25H,3-6,12-13H2,1-2H3. The fourth-order valence-electron chi connectivity index (χ4n) is 6.53. The summed E-state index contributed by atoms with van der Waals surface area (Å²) in [6.45, 7) is 4.57. The zero-order valence-corrected chi connectivity index (χ0v) is 24.0. The van der Waals surface area contributed by atoms with Crippen LogP contribution in [0.3, 0.4) is 0 Å². The molecule has 0 unspecified atom stereocenters. The highest BCUT2D eigenvalue weighted by atomic mass is 16.5. The number of hydrogen-bond donors (Lipinski definition) is 0. The van der Waals surface area contributed by atoms with Crippen molar-refractivity contribution in [3.63, 3.8) is 0 Å². The van der Waals surface area contributed by atoms with Crippen molar-refractivity contribution in [2.24, 2.45) is 0 Å². The van der Waals surface area contributed by atoms with Crippen LogP contribution < -0.4 is 25.9 Å². The van der Waals surface area contributed by atoms with Gasteiger partial charge in [-0.25, -0.2) is 0 Å². The molecule has 2 aliphatic rings. The molecule has 0 amide bonds. The minimum absolute atomic E-state index is 0.0717. The molecule has 5 aromatic carbocycles. The predicted octanol–water partition coefficient (Wildman–Crippen LogP) is 8.43. The van der Waals surface area contributed by atoms with Gasteiger partial charge in [-0.05, 0) is 94.3 Å². The molecule has 7 rings (SSSR count). The van der Waals surface area contributed by atoms with E-state index in [0.29, 0.717) is 0 Å². The van der Waals surface area contributed by atoms with Gasteiger partial charge in [0.1, 0.15) is 23.0 Å². The molecule has 0 N–H and O–H groups in total. The summed E-state index contributed by atoms with van der Waals surface area (Å²) in [4.78, 5) is 0. The van der Waals surface area contributed by atoms with Crippen molar-refractivity contribution < 1.29 is 9.47 Å². The second kappa shape index (κ2) is 11.0. The normalized spacial score (nSPS) is 12.6. The van der Waals surface area contributed by atoms with Crippen LogP contribution in [0.15, 0.2) is 103 Å². The first kappa shape index (κ1) is 25.7. The lowest BCUT2D eigenvalue weighted by molar-refractivity contribution is 0.464. The predicted molar refractivity (Wildman–Crippen MR) is 172 cm³/mol. The second-order valence-corrected chi connectivity index (χ2v) is 11.3. The SMILES string of the molecule is CCCCc1ccccc1-c1ccc2c(c1)Oc1cccc3c1B2c1ccc(-c2ccccc2CCCC)cc1O3. The van der Waals surface area contributed by atoms with Gasteiger partial charge in [-0.2, -0.15) is 0 Å². The van der Waals surface area contributed by atoms with E-state index in [9.17, 15) is 0 Å². The number of unbranched alkanes of at least 4 members (excludes halogenated alkanes) is 2. The average molecular weight is 535 g/mol. The quantitative estimate of drug-likeness (QED) is 0.182. The van der Waals surface area contributed by atoms with E-state index in [1.807, 2.05) is 6.07 Å². The van der Waals surface area contributed by atoms with Crippen molar-refractivity contribution in [3.8, 4) is 45.3 Å². The molecule has 2 aliphatic heterocycles. The van der Waals surface area contributed by atoms with Gasteiger partial charge in [0.15, 0.2) is 0 Å². The zero-order chi connectivity index (χ0) is 27.8. The molecule has 0 atom stereocenters. The first-order valence-corrected chi connectivity index (χ1v) is 15.2. The molecule has 0 bridgehead atoms. The average Bonchev–Trinajstić information content (AvgIpc) is 3.02. The highest BCUT2D eigenvalue weighted by molar-refractivity contribution is 6.98. The summed E-state index contributed by atoms with van der Waals surface area (Å²) in [5, 5.41) is 0. The van der Waals surface area contributed by atoms with Gasteiger partial charge < -0.3 is 9.47 Å². The summed E-state index contributed by atoms with van der Waals surface area (Å²) in [5.74, 6) is 3.64. The highest BCUT2D eigenvalue weighted by Gasteiger charge is 2.40. The van der Waals surface area contributed by atoms with Gasteiger partial charge in [0.2, 0.25) is 0 Å². The van der Waals surface area contributed by atoms with Crippen LogP contribution in [0.1, 0.15) is 50.7 Å². The molecule has 0 aliphatic carbocycles. The Balaban J connectivity index is 1.32. The van der Waals surface area contributed by atoms with Crippen molar-refractivity contribution in [2.75, 3.05) is 0 Å². The third-order valence-electron chi connectivity index (χ3n) is 8.66. The van der Waals surface area contributed by atoms with Gasteiger partial charge in [0.25, 0.3) is 6.71 Å². The Morgan fingerprint density at radius 2 is 1.00 bits per heavy atom. The van der Waals surface area contributed by atoms with E-state index in [1.54, 1.807) is 0 Å². The molecule has 0 saturated carbocycles. The minimum atomic E-state index is 0.0717.